The number of aryl methyl sites for hydroxylation is 2. The van der Waals surface area contributed by atoms with E-state index in [9.17, 15) is 15.0 Å². The van der Waals surface area contributed by atoms with E-state index in [1.807, 2.05) is 62.4 Å². The number of aromatic hydroxyl groups is 1. The molecule has 2 aliphatic heterocycles. The van der Waals surface area contributed by atoms with Crippen LogP contribution in [0.25, 0.3) is 0 Å². The Morgan fingerprint density at radius 1 is 0.839 bits per heavy atom. The van der Waals surface area contributed by atoms with E-state index in [1.54, 1.807) is 23.1 Å². The molecule has 2 saturated heterocycles. The fourth-order valence-electron chi connectivity index (χ4n) is 4.57. The standard InChI is InChI=1S/C25H24N2O4/c1-17-6-10-20(11-7-17)26-23(29)27(21-12-8-18(2)9-13-21)25(30,24(26)15-31-16-24)19-4-3-5-22(28)14-19/h3-14,28,30H,15-16H2,1-2H3. The van der Waals surface area contributed by atoms with Gasteiger partial charge in [0.25, 0.3) is 0 Å². The first-order valence-electron chi connectivity index (χ1n) is 10.2. The summed E-state index contributed by atoms with van der Waals surface area (Å²) in [5.41, 5.74) is 1.02. The van der Waals surface area contributed by atoms with Crippen LogP contribution in [-0.2, 0) is 10.5 Å². The molecule has 158 valence electrons. The number of carbonyl (C=O) groups is 1. The molecule has 1 atom stereocenters. The van der Waals surface area contributed by atoms with Crippen LogP contribution in [-0.4, -0.2) is 35.0 Å². The van der Waals surface area contributed by atoms with Crippen LogP contribution >= 0.6 is 0 Å². The van der Waals surface area contributed by atoms with E-state index >= 15 is 0 Å². The first-order chi connectivity index (χ1) is 14.9. The minimum Gasteiger partial charge on any atom is -0.508 e. The predicted molar refractivity (Wildman–Crippen MR) is 118 cm³/mol. The van der Waals surface area contributed by atoms with Crippen molar-refractivity contribution in [3.63, 3.8) is 0 Å². The Bertz CT molecular complexity index is 1140. The summed E-state index contributed by atoms with van der Waals surface area (Å²) in [5, 5.41) is 22.5. The predicted octanol–water partition coefficient (Wildman–Crippen LogP) is 4.07. The number of amides is 2. The Morgan fingerprint density at radius 3 is 1.87 bits per heavy atom. The van der Waals surface area contributed by atoms with Gasteiger partial charge in [0.05, 0.1) is 13.2 Å². The number of phenols is 1. The fraction of sp³-hybridized carbons (Fsp3) is 0.240. The molecule has 5 rings (SSSR count). The molecule has 6 nitrogen and oxygen atoms in total. The molecule has 31 heavy (non-hydrogen) atoms. The van der Waals surface area contributed by atoms with Crippen LogP contribution in [0.1, 0.15) is 16.7 Å². The maximum atomic E-state index is 13.9. The number of nitrogens with zero attached hydrogens (tertiary/aromatic N) is 2. The highest BCUT2D eigenvalue weighted by atomic mass is 16.5. The molecule has 0 aliphatic carbocycles. The van der Waals surface area contributed by atoms with Gasteiger partial charge in [-0.3, -0.25) is 9.80 Å². The van der Waals surface area contributed by atoms with E-state index in [2.05, 4.69) is 0 Å². The molecule has 2 fully saturated rings. The monoisotopic (exact) mass is 416 g/mol. The maximum absolute atomic E-state index is 13.9. The number of anilines is 2. The molecule has 3 aromatic carbocycles. The molecule has 3 aromatic rings. The second kappa shape index (κ2) is 6.83. The third-order valence-electron chi connectivity index (χ3n) is 6.30. The minimum atomic E-state index is -1.75. The van der Waals surface area contributed by atoms with E-state index in [1.165, 1.54) is 11.0 Å². The Labute approximate surface area is 180 Å². The van der Waals surface area contributed by atoms with Crippen molar-refractivity contribution in [2.75, 3.05) is 23.0 Å². The summed E-state index contributed by atoms with van der Waals surface area (Å²) in [5.74, 6) is 0.0198. The SMILES string of the molecule is Cc1ccc(N2C(=O)N(c3ccc(C)cc3)C(O)(c3cccc(O)c3)C23COC3)cc1. The van der Waals surface area contributed by atoms with Gasteiger partial charge >= 0.3 is 6.03 Å². The second-order valence-corrected chi connectivity index (χ2v) is 8.37. The number of rotatable bonds is 3. The molecule has 6 heteroatoms. The number of carbonyl (C=O) groups excluding carboxylic acids is 1. The Morgan fingerprint density at radius 2 is 1.39 bits per heavy atom. The number of urea groups is 1. The molecule has 2 heterocycles. The summed E-state index contributed by atoms with van der Waals surface area (Å²) in [6, 6.07) is 21.2. The Kier molecular flexibility index (Phi) is 4.32. The molecule has 0 saturated carbocycles. The third kappa shape index (κ3) is 2.69. The van der Waals surface area contributed by atoms with E-state index < -0.39 is 11.3 Å². The number of ether oxygens (including phenoxy) is 1. The average Bonchev–Trinajstić information content (AvgIpc) is 2.94. The lowest BCUT2D eigenvalue weighted by Gasteiger charge is -2.51. The van der Waals surface area contributed by atoms with Crippen LogP contribution in [0.15, 0.2) is 72.8 Å². The zero-order valence-corrected chi connectivity index (χ0v) is 17.4. The molecule has 2 amide bonds. The van der Waals surface area contributed by atoms with Gasteiger partial charge in [0.15, 0.2) is 0 Å². The van der Waals surface area contributed by atoms with Crippen LogP contribution in [0.2, 0.25) is 0 Å². The van der Waals surface area contributed by atoms with Crippen molar-refractivity contribution in [2.24, 2.45) is 0 Å². The summed E-state index contributed by atoms with van der Waals surface area (Å²) in [6.07, 6.45) is 0. The zero-order chi connectivity index (χ0) is 21.8. The van der Waals surface area contributed by atoms with Crippen LogP contribution in [0.3, 0.4) is 0 Å². The van der Waals surface area contributed by atoms with Crippen molar-refractivity contribution >= 4 is 17.4 Å². The Balaban J connectivity index is 1.76. The van der Waals surface area contributed by atoms with Crippen molar-refractivity contribution in [3.05, 3.63) is 89.5 Å². The topological polar surface area (TPSA) is 73.2 Å². The molecule has 2 N–H and O–H groups in total. The largest absolute Gasteiger partial charge is 0.508 e. The highest BCUT2D eigenvalue weighted by Gasteiger charge is 2.72. The molecule has 1 unspecified atom stereocenters. The smallest absolute Gasteiger partial charge is 0.332 e. The van der Waals surface area contributed by atoms with Crippen molar-refractivity contribution in [1.82, 2.24) is 0 Å². The molecule has 0 aromatic heterocycles. The van der Waals surface area contributed by atoms with Gasteiger partial charge in [-0.1, -0.05) is 47.5 Å². The van der Waals surface area contributed by atoms with Crippen molar-refractivity contribution < 1.29 is 19.7 Å². The Hall–Kier alpha value is -3.35. The maximum Gasteiger partial charge on any atom is 0.332 e. The van der Waals surface area contributed by atoms with Gasteiger partial charge in [-0.2, -0.15) is 0 Å². The number of hydrogen-bond acceptors (Lipinski definition) is 4. The fourth-order valence-corrected chi connectivity index (χ4v) is 4.57. The molecular formula is C25H24N2O4. The van der Waals surface area contributed by atoms with E-state index in [0.717, 1.165) is 11.1 Å². The van der Waals surface area contributed by atoms with E-state index in [-0.39, 0.29) is 25.0 Å². The first kappa shape index (κ1) is 19.6. The van der Waals surface area contributed by atoms with Crippen molar-refractivity contribution in [1.29, 1.82) is 0 Å². The molecule has 1 spiro atoms. The molecular weight excluding hydrogens is 392 g/mol. The summed E-state index contributed by atoms with van der Waals surface area (Å²) in [7, 11) is 0. The molecule has 0 radical (unpaired) electrons. The van der Waals surface area contributed by atoms with Gasteiger partial charge < -0.3 is 14.9 Å². The van der Waals surface area contributed by atoms with Gasteiger partial charge in [-0.15, -0.1) is 0 Å². The van der Waals surface area contributed by atoms with E-state index in [0.29, 0.717) is 16.9 Å². The van der Waals surface area contributed by atoms with Crippen molar-refractivity contribution in [3.8, 4) is 5.75 Å². The third-order valence-corrected chi connectivity index (χ3v) is 6.30. The lowest BCUT2D eigenvalue weighted by atomic mass is 9.78. The van der Waals surface area contributed by atoms with Gasteiger partial charge in [-0.25, -0.2) is 4.79 Å². The van der Waals surface area contributed by atoms with Crippen LogP contribution in [0, 0.1) is 13.8 Å². The van der Waals surface area contributed by atoms with Crippen LogP contribution < -0.4 is 9.80 Å². The highest BCUT2D eigenvalue weighted by Crippen LogP contribution is 2.54. The van der Waals surface area contributed by atoms with E-state index in [4.69, 9.17) is 4.74 Å². The van der Waals surface area contributed by atoms with Crippen molar-refractivity contribution in [2.45, 2.75) is 25.1 Å². The van der Waals surface area contributed by atoms with Crippen LogP contribution in [0.4, 0.5) is 16.2 Å². The second-order valence-electron chi connectivity index (χ2n) is 8.37. The molecule has 2 aliphatic rings. The number of phenolic OH excluding ortho intramolecular Hbond substituents is 1. The van der Waals surface area contributed by atoms with Gasteiger partial charge in [0.2, 0.25) is 5.72 Å². The number of benzene rings is 3. The number of aliphatic hydroxyl groups is 1. The molecule has 0 bridgehead atoms. The van der Waals surface area contributed by atoms with Gasteiger partial charge in [0.1, 0.15) is 11.3 Å². The summed E-state index contributed by atoms with van der Waals surface area (Å²) >= 11 is 0. The first-order valence-corrected chi connectivity index (χ1v) is 10.2. The van der Waals surface area contributed by atoms with Crippen LogP contribution in [0.5, 0.6) is 5.75 Å². The zero-order valence-electron chi connectivity index (χ0n) is 17.4. The quantitative estimate of drug-likeness (QED) is 0.675. The van der Waals surface area contributed by atoms with Gasteiger partial charge in [-0.05, 0) is 50.2 Å². The highest BCUT2D eigenvalue weighted by molar-refractivity contribution is 6.09. The summed E-state index contributed by atoms with van der Waals surface area (Å²) in [6.45, 7) is 4.29. The van der Waals surface area contributed by atoms with Gasteiger partial charge in [0, 0.05) is 16.9 Å². The average molecular weight is 416 g/mol. The summed E-state index contributed by atoms with van der Waals surface area (Å²) in [4.78, 5) is 17.0. The lowest BCUT2D eigenvalue weighted by molar-refractivity contribution is -0.153. The summed E-state index contributed by atoms with van der Waals surface area (Å²) < 4.78 is 5.59. The normalized spacial score (nSPS) is 22.1. The minimum absolute atomic E-state index is 0.0198. The lowest BCUT2D eigenvalue weighted by Crippen LogP contribution is -2.70. The number of hydrogen-bond donors (Lipinski definition) is 2.